The summed E-state index contributed by atoms with van der Waals surface area (Å²) in [6.07, 6.45) is 1.76. The SMILES string of the molecule is CCOC(=O)CN1C(=O)/C(=C/c2cccc(Br)c2)SC1=S. The molecule has 0 N–H and O–H groups in total. The van der Waals surface area contributed by atoms with Crippen molar-refractivity contribution < 1.29 is 14.3 Å². The lowest BCUT2D eigenvalue weighted by atomic mass is 10.2. The average molecular weight is 386 g/mol. The summed E-state index contributed by atoms with van der Waals surface area (Å²) in [5, 5.41) is 0. The number of halogens is 1. The number of carbonyl (C=O) groups excluding carboxylic acids is 2. The van der Waals surface area contributed by atoms with Crippen LogP contribution in [0.25, 0.3) is 6.08 Å². The Balaban J connectivity index is 2.16. The Hall–Kier alpha value is -1.18. The lowest BCUT2D eigenvalue weighted by Gasteiger charge is -2.12. The first kappa shape index (κ1) is 16.2. The number of ether oxygens (including phenoxy) is 1. The number of esters is 1. The highest BCUT2D eigenvalue weighted by molar-refractivity contribution is 9.10. The topological polar surface area (TPSA) is 46.6 Å². The van der Waals surface area contributed by atoms with Gasteiger partial charge in [-0.1, -0.05) is 52.0 Å². The van der Waals surface area contributed by atoms with Gasteiger partial charge in [0, 0.05) is 4.47 Å². The van der Waals surface area contributed by atoms with Crippen LogP contribution in [0.4, 0.5) is 0 Å². The van der Waals surface area contributed by atoms with Crippen LogP contribution in [-0.4, -0.2) is 34.2 Å². The second-order valence-corrected chi connectivity index (χ2v) is 6.72. The van der Waals surface area contributed by atoms with Crippen molar-refractivity contribution in [3.05, 3.63) is 39.2 Å². The average Bonchev–Trinajstić information content (AvgIpc) is 2.67. The molecule has 4 nitrogen and oxygen atoms in total. The van der Waals surface area contributed by atoms with Crippen molar-refractivity contribution in [1.82, 2.24) is 4.90 Å². The van der Waals surface area contributed by atoms with E-state index in [4.69, 9.17) is 17.0 Å². The molecule has 21 heavy (non-hydrogen) atoms. The predicted octanol–water partition coefficient (Wildman–Crippen LogP) is 3.21. The first-order valence-corrected chi connectivity index (χ1v) is 8.19. The van der Waals surface area contributed by atoms with Crippen molar-refractivity contribution in [3.8, 4) is 0 Å². The van der Waals surface area contributed by atoms with Crippen molar-refractivity contribution >= 4 is 62.2 Å². The number of benzene rings is 1. The Morgan fingerprint density at radius 3 is 2.95 bits per heavy atom. The molecule has 0 saturated carbocycles. The van der Waals surface area contributed by atoms with Gasteiger partial charge in [0.2, 0.25) is 0 Å². The molecule has 0 radical (unpaired) electrons. The molecule has 1 aromatic rings. The number of hydrogen-bond donors (Lipinski definition) is 0. The maximum absolute atomic E-state index is 12.3. The fraction of sp³-hybridized carbons (Fsp3) is 0.214. The minimum absolute atomic E-state index is 0.145. The van der Waals surface area contributed by atoms with Crippen molar-refractivity contribution in [1.29, 1.82) is 0 Å². The normalized spacial score (nSPS) is 16.7. The van der Waals surface area contributed by atoms with Gasteiger partial charge in [-0.25, -0.2) is 0 Å². The standard InChI is InChI=1S/C14H12BrNO3S2/c1-2-19-12(17)8-16-13(18)11(21-14(16)20)7-9-4-3-5-10(15)6-9/h3-7H,2,8H2,1H3/b11-7-. The van der Waals surface area contributed by atoms with Crippen molar-refractivity contribution in [2.45, 2.75) is 6.92 Å². The highest BCUT2D eigenvalue weighted by Gasteiger charge is 2.33. The lowest BCUT2D eigenvalue weighted by molar-refractivity contribution is -0.145. The zero-order valence-corrected chi connectivity index (χ0v) is 14.4. The molecular weight excluding hydrogens is 374 g/mol. The van der Waals surface area contributed by atoms with Crippen LogP contribution in [0.15, 0.2) is 33.6 Å². The predicted molar refractivity (Wildman–Crippen MR) is 90.7 cm³/mol. The van der Waals surface area contributed by atoms with Crippen LogP contribution in [-0.2, 0) is 14.3 Å². The Labute approximate surface area is 140 Å². The zero-order chi connectivity index (χ0) is 15.4. The molecule has 1 heterocycles. The number of nitrogens with zero attached hydrogens (tertiary/aromatic N) is 1. The Morgan fingerprint density at radius 2 is 2.29 bits per heavy atom. The largest absolute Gasteiger partial charge is 0.465 e. The zero-order valence-electron chi connectivity index (χ0n) is 11.2. The molecule has 1 aliphatic rings. The monoisotopic (exact) mass is 385 g/mol. The molecule has 1 aliphatic heterocycles. The third-order valence-corrected chi connectivity index (χ3v) is 4.48. The molecule has 0 aliphatic carbocycles. The maximum Gasteiger partial charge on any atom is 0.326 e. The molecule has 1 saturated heterocycles. The highest BCUT2D eigenvalue weighted by atomic mass is 79.9. The van der Waals surface area contributed by atoms with Gasteiger partial charge in [0.05, 0.1) is 11.5 Å². The van der Waals surface area contributed by atoms with E-state index in [9.17, 15) is 9.59 Å². The molecule has 7 heteroatoms. The Morgan fingerprint density at radius 1 is 1.52 bits per heavy atom. The number of thiocarbonyl (C=S) groups is 1. The van der Waals surface area contributed by atoms with Crippen LogP contribution in [0.1, 0.15) is 12.5 Å². The number of thioether (sulfide) groups is 1. The molecule has 0 bridgehead atoms. The summed E-state index contributed by atoms with van der Waals surface area (Å²) in [7, 11) is 0. The van der Waals surface area contributed by atoms with E-state index in [2.05, 4.69) is 15.9 Å². The summed E-state index contributed by atoms with van der Waals surface area (Å²) < 4.78 is 6.14. The molecule has 0 unspecified atom stereocenters. The number of rotatable bonds is 4. The second-order valence-electron chi connectivity index (χ2n) is 4.13. The smallest absolute Gasteiger partial charge is 0.326 e. The third kappa shape index (κ3) is 4.15. The van der Waals surface area contributed by atoms with Gasteiger partial charge >= 0.3 is 5.97 Å². The maximum atomic E-state index is 12.3. The minimum Gasteiger partial charge on any atom is -0.465 e. The van der Waals surface area contributed by atoms with Gasteiger partial charge in [-0.2, -0.15) is 0 Å². The molecular formula is C14H12BrNO3S2. The summed E-state index contributed by atoms with van der Waals surface area (Å²) in [4.78, 5) is 25.5. The van der Waals surface area contributed by atoms with Gasteiger partial charge < -0.3 is 4.74 Å². The molecule has 1 fully saturated rings. The van der Waals surface area contributed by atoms with Gasteiger partial charge in [0.1, 0.15) is 10.9 Å². The molecule has 1 aromatic carbocycles. The van der Waals surface area contributed by atoms with E-state index in [1.807, 2.05) is 24.3 Å². The van der Waals surface area contributed by atoms with Gasteiger partial charge in [0.25, 0.3) is 5.91 Å². The number of amides is 1. The van der Waals surface area contributed by atoms with E-state index in [0.717, 1.165) is 10.0 Å². The van der Waals surface area contributed by atoms with Crippen LogP contribution < -0.4 is 0 Å². The third-order valence-electron chi connectivity index (χ3n) is 2.61. The van der Waals surface area contributed by atoms with E-state index in [-0.39, 0.29) is 19.1 Å². The van der Waals surface area contributed by atoms with Crippen LogP contribution in [0.5, 0.6) is 0 Å². The van der Waals surface area contributed by atoms with E-state index >= 15 is 0 Å². The number of hydrogen-bond acceptors (Lipinski definition) is 5. The molecule has 2 rings (SSSR count). The van der Waals surface area contributed by atoms with Gasteiger partial charge in [-0.05, 0) is 30.7 Å². The summed E-state index contributed by atoms with van der Waals surface area (Å²) in [6.45, 7) is 1.85. The van der Waals surface area contributed by atoms with E-state index in [0.29, 0.717) is 9.23 Å². The van der Waals surface area contributed by atoms with Gasteiger partial charge in [-0.3, -0.25) is 14.5 Å². The second kappa shape index (κ2) is 7.20. The molecule has 1 amide bonds. The van der Waals surface area contributed by atoms with Crippen molar-refractivity contribution in [2.75, 3.05) is 13.2 Å². The summed E-state index contributed by atoms with van der Waals surface area (Å²) in [6, 6.07) is 7.58. The Kier molecular flexibility index (Phi) is 5.55. The first-order chi connectivity index (χ1) is 10.0. The van der Waals surface area contributed by atoms with Crippen molar-refractivity contribution in [2.24, 2.45) is 0 Å². The minimum atomic E-state index is -0.461. The fourth-order valence-electron chi connectivity index (χ4n) is 1.72. The van der Waals surface area contributed by atoms with Gasteiger partial charge in [-0.15, -0.1) is 0 Å². The summed E-state index contributed by atoms with van der Waals surface area (Å²) >= 11 is 9.72. The summed E-state index contributed by atoms with van der Waals surface area (Å²) in [5.41, 5.74) is 0.890. The molecule has 110 valence electrons. The van der Waals surface area contributed by atoms with Crippen LogP contribution >= 0.6 is 39.9 Å². The van der Waals surface area contributed by atoms with Gasteiger partial charge in [0.15, 0.2) is 0 Å². The van der Waals surface area contributed by atoms with E-state index in [1.165, 1.54) is 16.7 Å². The number of carbonyl (C=O) groups is 2. The van der Waals surface area contributed by atoms with E-state index < -0.39 is 5.97 Å². The molecule has 0 atom stereocenters. The fourth-order valence-corrected chi connectivity index (χ4v) is 3.39. The quantitative estimate of drug-likeness (QED) is 0.452. The lowest BCUT2D eigenvalue weighted by Crippen LogP contribution is -2.34. The highest BCUT2D eigenvalue weighted by Crippen LogP contribution is 2.32. The molecule has 0 spiro atoms. The van der Waals surface area contributed by atoms with Crippen molar-refractivity contribution in [3.63, 3.8) is 0 Å². The van der Waals surface area contributed by atoms with Crippen LogP contribution in [0, 0.1) is 0 Å². The first-order valence-electron chi connectivity index (χ1n) is 6.18. The van der Waals surface area contributed by atoms with Crippen LogP contribution in [0.3, 0.4) is 0 Å². The Bertz CT molecular complexity index is 630. The summed E-state index contributed by atoms with van der Waals surface area (Å²) in [5.74, 6) is -0.726. The molecule has 0 aromatic heterocycles. The van der Waals surface area contributed by atoms with Crippen LogP contribution in [0.2, 0.25) is 0 Å². The van der Waals surface area contributed by atoms with E-state index in [1.54, 1.807) is 13.0 Å².